The van der Waals surface area contributed by atoms with Crippen LogP contribution < -0.4 is 4.74 Å². The molecule has 0 fully saturated rings. The molecule has 0 N–H and O–H groups in total. The van der Waals surface area contributed by atoms with Gasteiger partial charge in [0.25, 0.3) is 0 Å². The standard InChI is InChI=1S/C23H17NO4/c25-22(18-10-5-2-6-11-18)28-21-13-7-12-20-19(21)14-15-24(20)23(26)27-16-17-8-3-1-4-9-17/h1-15H,16H2. The summed E-state index contributed by atoms with van der Waals surface area (Å²) < 4.78 is 12.3. The first kappa shape index (κ1) is 17.5. The third-order valence-corrected chi connectivity index (χ3v) is 4.31. The Hall–Kier alpha value is -3.86. The molecule has 138 valence electrons. The van der Waals surface area contributed by atoms with Crippen molar-refractivity contribution in [3.63, 3.8) is 0 Å². The maximum Gasteiger partial charge on any atom is 0.418 e. The number of carbonyl (C=O) groups excluding carboxylic acids is 2. The van der Waals surface area contributed by atoms with Gasteiger partial charge in [-0.25, -0.2) is 9.59 Å². The maximum absolute atomic E-state index is 12.5. The molecule has 0 saturated carbocycles. The molecule has 3 aromatic carbocycles. The van der Waals surface area contributed by atoms with Gasteiger partial charge in [0.2, 0.25) is 0 Å². The summed E-state index contributed by atoms with van der Waals surface area (Å²) in [6, 6.07) is 25.2. The van der Waals surface area contributed by atoms with E-state index in [2.05, 4.69) is 0 Å². The molecule has 0 aliphatic heterocycles. The molecule has 28 heavy (non-hydrogen) atoms. The van der Waals surface area contributed by atoms with Crippen LogP contribution >= 0.6 is 0 Å². The van der Waals surface area contributed by atoms with Crippen LogP contribution in [0, 0.1) is 0 Å². The summed E-state index contributed by atoms with van der Waals surface area (Å²) in [5.41, 5.74) is 1.97. The van der Waals surface area contributed by atoms with Crippen molar-refractivity contribution in [3.8, 4) is 5.75 Å². The van der Waals surface area contributed by atoms with Gasteiger partial charge in [0.15, 0.2) is 0 Å². The van der Waals surface area contributed by atoms with Crippen molar-refractivity contribution in [2.75, 3.05) is 0 Å². The topological polar surface area (TPSA) is 57.5 Å². The van der Waals surface area contributed by atoms with Crippen LogP contribution in [0.5, 0.6) is 5.75 Å². The molecule has 0 saturated heterocycles. The Morgan fingerprint density at radius 3 is 2.25 bits per heavy atom. The minimum atomic E-state index is -0.495. The molecule has 4 aromatic rings. The van der Waals surface area contributed by atoms with Gasteiger partial charge in [-0.1, -0.05) is 54.6 Å². The highest BCUT2D eigenvalue weighted by Gasteiger charge is 2.15. The number of rotatable bonds is 4. The Kier molecular flexibility index (Phi) is 4.89. The fraction of sp³-hybridized carbons (Fsp3) is 0.0435. The first-order chi connectivity index (χ1) is 13.7. The van der Waals surface area contributed by atoms with Gasteiger partial charge in [-0.05, 0) is 35.9 Å². The highest BCUT2D eigenvalue weighted by Crippen LogP contribution is 2.27. The predicted octanol–water partition coefficient (Wildman–Crippen LogP) is 5.05. The third kappa shape index (κ3) is 3.64. The lowest BCUT2D eigenvalue weighted by Crippen LogP contribution is -2.12. The number of hydrogen-bond donors (Lipinski definition) is 0. The molecule has 0 unspecified atom stereocenters. The van der Waals surface area contributed by atoms with Gasteiger partial charge in [-0.3, -0.25) is 4.57 Å². The Morgan fingerprint density at radius 1 is 0.786 bits per heavy atom. The van der Waals surface area contributed by atoms with Crippen molar-refractivity contribution in [2.45, 2.75) is 6.61 Å². The molecule has 0 radical (unpaired) electrons. The number of esters is 1. The molecule has 1 aromatic heterocycles. The lowest BCUT2D eigenvalue weighted by molar-refractivity contribution is 0.0737. The number of benzene rings is 3. The molecule has 5 heteroatoms. The summed E-state index contributed by atoms with van der Waals surface area (Å²) in [6.07, 6.45) is 1.11. The lowest BCUT2D eigenvalue weighted by Gasteiger charge is -2.08. The monoisotopic (exact) mass is 371 g/mol. The second-order valence-electron chi connectivity index (χ2n) is 6.17. The van der Waals surface area contributed by atoms with E-state index in [1.807, 2.05) is 36.4 Å². The van der Waals surface area contributed by atoms with E-state index in [9.17, 15) is 9.59 Å². The number of ether oxygens (including phenoxy) is 2. The number of aromatic nitrogens is 1. The first-order valence-corrected chi connectivity index (χ1v) is 8.81. The van der Waals surface area contributed by atoms with Gasteiger partial charge in [0.05, 0.1) is 11.1 Å². The van der Waals surface area contributed by atoms with Crippen molar-refractivity contribution in [1.29, 1.82) is 0 Å². The molecular formula is C23H17NO4. The number of hydrogen-bond acceptors (Lipinski definition) is 4. The van der Waals surface area contributed by atoms with Crippen LogP contribution in [0.25, 0.3) is 10.9 Å². The molecule has 4 rings (SSSR count). The molecule has 0 spiro atoms. The minimum absolute atomic E-state index is 0.183. The molecule has 1 heterocycles. The summed E-state index contributed by atoms with van der Waals surface area (Å²) in [5, 5.41) is 0.656. The summed E-state index contributed by atoms with van der Waals surface area (Å²) in [5.74, 6) is -0.0616. The quantitative estimate of drug-likeness (QED) is 0.372. The van der Waals surface area contributed by atoms with Crippen LogP contribution in [0.4, 0.5) is 4.79 Å². The molecule has 0 amide bonds. The van der Waals surface area contributed by atoms with E-state index in [-0.39, 0.29) is 6.61 Å². The molecule has 0 atom stereocenters. The zero-order valence-electron chi connectivity index (χ0n) is 14.9. The average molecular weight is 371 g/mol. The molecule has 0 aliphatic rings. The second-order valence-corrected chi connectivity index (χ2v) is 6.17. The van der Waals surface area contributed by atoms with Crippen LogP contribution in [0.1, 0.15) is 15.9 Å². The highest BCUT2D eigenvalue weighted by molar-refractivity contribution is 5.97. The zero-order chi connectivity index (χ0) is 19.3. The van der Waals surface area contributed by atoms with Gasteiger partial charge >= 0.3 is 12.1 Å². The summed E-state index contributed by atoms with van der Waals surface area (Å²) in [7, 11) is 0. The van der Waals surface area contributed by atoms with E-state index in [0.29, 0.717) is 22.2 Å². The van der Waals surface area contributed by atoms with Crippen LogP contribution in [0.2, 0.25) is 0 Å². The molecular weight excluding hydrogens is 354 g/mol. The minimum Gasteiger partial charge on any atom is -0.444 e. The SMILES string of the molecule is O=C(Oc1cccc2c1ccn2C(=O)OCc1ccccc1)c1ccccc1. The fourth-order valence-corrected chi connectivity index (χ4v) is 2.91. The van der Waals surface area contributed by atoms with E-state index in [1.165, 1.54) is 4.57 Å². The van der Waals surface area contributed by atoms with E-state index >= 15 is 0 Å². The van der Waals surface area contributed by atoms with Gasteiger partial charge < -0.3 is 9.47 Å². The van der Waals surface area contributed by atoms with Crippen molar-refractivity contribution >= 4 is 23.0 Å². The Bertz CT molecular complexity index is 1120. The summed E-state index contributed by atoms with van der Waals surface area (Å²) in [6.45, 7) is 0.183. The van der Waals surface area contributed by atoms with E-state index in [1.54, 1.807) is 54.7 Å². The molecule has 5 nitrogen and oxygen atoms in total. The normalized spacial score (nSPS) is 10.6. The van der Waals surface area contributed by atoms with Crippen molar-refractivity contribution < 1.29 is 19.1 Å². The lowest BCUT2D eigenvalue weighted by atomic mass is 10.2. The zero-order valence-corrected chi connectivity index (χ0v) is 14.9. The van der Waals surface area contributed by atoms with Crippen molar-refractivity contribution in [2.24, 2.45) is 0 Å². The fourth-order valence-electron chi connectivity index (χ4n) is 2.91. The number of nitrogens with zero attached hydrogens (tertiary/aromatic N) is 1. The number of fused-ring (bicyclic) bond motifs is 1. The Balaban J connectivity index is 1.54. The summed E-state index contributed by atoms with van der Waals surface area (Å²) >= 11 is 0. The largest absolute Gasteiger partial charge is 0.444 e. The van der Waals surface area contributed by atoms with Gasteiger partial charge in [0, 0.05) is 11.6 Å². The van der Waals surface area contributed by atoms with Crippen molar-refractivity contribution in [3.05, 3.63) is 102 Å². The Labute approximate surface area is 161 Å². The average Bonchev–Trinajstić information content (AvgIpc) is 3.19. The first-order valence-electron chi connectivity index (χ1n) is 8.81. The van der Waals surface area contributed by atoms with Gasteiger partial charge in [0.1, 0.15) is 12.4 Å². The summed E-state index contributed by atoms with van der Waals surface area (Å²) in [4.78, 5) is 24.8. The highest BCUT2D eigenvalue weighted by atomic mass is 16.5. The van der Waals surface area contributed by atoms with E-state index < -0.39 is 12.1 Å². The third-order valence-electron chi connectivity index (χ3n) is 4.31. The van der Waals surface area contributed by atoms with Crippen molar-refractivity contribution in [1.82, 2.24) is 4.57 Å². The van der Waals surface area contributed by atoms with Crippen LogP contribution in [0.3, 0.4) is 0 Å². The molecule has 0 aliphatic carbocycles. The second kappa shape index (κ2) is 7.80. The smallest absolute Gasteiger partial charge is 0.418 e. The van der Waals surface area contributed by atoms with Gasteiger partial charge in [-0.2, -0.15) is 0 Å². The van der Waals surface area contributed by atoms with Gasteiger partial charge in [-0.15, -0.1) is 0 Å². The Morgan fingerprint density at radius 2 is 1.50 bits per heavy atom. The van der Waals surface area contributed by atoms with Crippen LogP contribution in [0.15, 0.2) is 91.1 Å². The molecule has 0 bridgehead atoms. The maximum atomic E-state index is 12.5. The van der Waals surface area contributed by atoms with Crippen LogP contribution in [-0.4, -0.2) is 16.6 Å². The van der Waals surface area contributed by atoms with E-state index in [4.69, 9.17) is 9.47 Å². The predicted molar refractivity (Wildman–Crippen MR) is 105 cm³/mol. The van der Waals surface area contributed by atoms with Crippen LogP contribution in [-0.2, 0) is 11.3 Å². The number of carbonyl (C=O) groups is 2. The van der Waals surface area contributed by atoms with E-state index in [0.717, 1.165) is 5.56 Å².